The number of hydrogen-bond acceptors (Lipinski definition) is 3. The number of nitrogens with zero attached hydrogens (tertiary/aromatic N) is 2. The Labute approximate surface area is 192 Å². The maximum atomic E-state index is 6.69. The molecule has 2 heterocycles. The van der Waals surface area contributed by atoms with E-state index in [1.54, 1.807) is 0 Å². The maximum absolute atomic E-state index is 6.69. The summed E-state index contributed by atoms with van der Waals surface area (Å²) in [6, 6.07) is 8.53. The van der Waals surface area contributed by atoms with Crippen LogP contribution in [0, 0.1) is 12.3 Å². The first-order valence-electron chi connectivity index (χ1n) is 11.9. The van der Waals surface area contributed by atoms with Crippen LogP contribution in [0.5, 0.6) is 0 Å². The average Bonchev–Trinajstić information content (AvgIpc) is 3.37. The Kier molecular flexibility index (Phi) is 6.28. The van der Waals surface area contributed by atoms with Gasteiger partial charge >= 0.3 is 0 Å². The molecule has 0 N–H and O–H groups in total. The van der Waals surface area contributed by atoms with Gasteiger partial charge in [0, 0.05) is 11.8 Å². The van der Waals surface area contributed by atoms with Gasteiger partial charge in [-0.3, -0.25) is 0 Å². The first-order chi connectivity index (χ1) is 15.5. The number of ether oxygens (including phenoxy) is 2. The van der Waals surface area contributed by atoms with Crippen molar-refractivity contribution in [1.29, 1.82) is 0 Å². The lowest BCUT2D eigenvalue weighted by molar-refractivity contribution is -0.245. The lowest BCUT2D eigenvalue weighted by atomic mass is 9.62. The van der Waals surface area contributed by atoms with Crippen molar-refractivity contribution in [2.45, 2.75) is 77.8 Å². The summed E-state index contributed by atoms with van der Waals surface area (Å²) < 4.78 is 15.4. The van der Waals surface area contributed by atoms with Gasteiger partial charge in [0.05, 0.1) is 23.7 Å². The van der Waals surface area contributed by atoms with Gasteiger partial charge < -0.3 is 9.47 Å². The van der Waals surface area contributed by atoms with Gasteiger partial charge in [0.2, 0.25) is 0 Å². The van der Waals surface area contributed by atoms with Crippen molar-refractivity contribution in [3.05, 3.63) is 78.2 Å². The van der Waals surface area contributed by atoms with Gasteiger partial charge in [-0.1, -0.05) is 56.2 Å². The zero-order chi connectivity index (χ0) is 22.9. The average molecular weight is 433 g/mol. The standard InChI is InChI=1S/C26H30N2O2.C2H6/c1-5-8-24-23(6-2)29-26(30-24)14-7-9-20-15-22-19(16-25(20,26)4)17-27-28(22)21-12-10-18(3)11-13-21;1-2/h5-6,10-13,15,17,23-24H,1-2,7-9,14,16H2,3-4H3;1-2H3/t23-,24?,25+,26?;/m1./s1. The second kappa shape index (κ2) is 8.84. The molecular weight excluding hydrogens is 396 g/mol. The molecule has 32 heavy (non-hydrogen) atoms. The van der Waals surface area contributed by atoms with Crippen LogP contribution in [0.4, 0.5) is 0 Å². The fraction of sp³-hybridized carbons (Fsp3) is 0.464. The van der Waals surface area contributed by atoms with Crippen molar-refractivity contribution in [3.63, 3.8) is 0 Å². The van der Waals surface area contributed by atoms with Crippen LogP contribution in [0.2, 0.25) is 0 Å². The van der Waals surface area contributed by atoms with Crippen molar-refractivity contribution in [1.82, 2.24) is 9.78 Å². The van der Waals surface area contributed by atoms with E-state index in [0.717, 1.165) is 37.8 Å². The van der Waals surface area contributed by atoms with Crippen LogP contribution in [0.25, 0.3) is 11.8 Å². The third kappa shape index (κ3) is 3.50. The monoisotopic (exact) mass is 432 g/mol. The molecule has 5 rings (SSSR count). The molecule has 4 heteroatoms. The fourth-order valence-corrected chi connectivity index (χ4v) is 5.47. The number of benzene rings is 1. The SMILES string of the molecule is C=CCC1OC2(CCCC3=Cc4c(cnn4-c4ccc(C)cc4)C[C@@]32C)O[C@@H]1C=C.CC. The van der Waals surface area contributed by atoms with Crippen LogP contribution in [-0.2, 0) is 15.9 Å². The molecule has 170 valence electrons. The van der Waals surface area contributed by atoms with Gasteiger partial charge in [0.25, 0.3) is 0 Å². The third-order valence-electron chi connectivity index (χ3n) is 7.19. The molecule has 0 radical (unpaired) electrons. The summed E-state index contributed by atoms with van der Waals surface area (Å²) in [5.41, 5.74) is 5.97. The van der Waals surface area contributed by atoms with Gasteiger partial charge in [-0.05, 0) is 56.4 Å². The molecule has 4 nitrogen and oxygen atoms in total. The summed E-state index contributed by atoms with van der Waals surface area (Å²) in [6.07, 6.45) is 12.7. The normalized spacial score (nSPS) is 30.6. The summed E-state index contributed by atoms with van der Waals surface area (Å²) in [6.45, 7) is 16.3. The molecule has 0 bridgehead atoms. The maximum Gasteiger partial charge on any atom is 0.179 e. The van der Waals surface area contributed by atoms with Gasteiger partial charge in [-0.25, -0.2) is 4.68 Å². The molecule has 1 saturated carbocycles. The quantitative estimate of drug-likeness (QED) is 0.512. The van der Waals surface area contributed by atoms with E-state index < -0.39 is 5.79 Å². The predicted molar refractivity (Wildman–Crippen MR) is 131 cm³/mol. The molecule has 2 aliphatic carbocycles. The third-order valence-corrected chi connectivity index (χ3v) is 7.19. The van der Waals surface area contributed by atoms with E-state index in [1.165, 1.54) is 22.4 Å². The number of hydrogen-bond donors (Lipinski definition) is 0. The van der Waals surface area contributed by atoms with Crippen LogP contribution < -0.4 is 0 Å². The Bertz CT molecular complexity index is 1020. The highest BCUT2D eigenvalue weighted by molar-refractivity contribution is 5.62. The highest BCUT2D eigenvalue weighted by Crippen LogP contribution is 2.58. The van der Waals surface area contributed by atoms with E-state index in [0.29, 0.717) is 0 Å². The minimum Gasteiger partial charge on any atom is -0.342 e. The molecule has 1 spiro atoms. The number of rotatable bonds is 4. The van der Waals surface area contributed by atoms with Crippen molar-refractivity contribution in [3.8, 4) is 5.69 Å². The number of aryl methyl sites for hydroxylation is 1. The van der Waals surface area contributed by atoms with Gasteiger partial charge in [-0.2, -0.15) is 5.10 Å². The van der Waals surface area contributed by atoms with Crippen molar-refractivity contribution in [2.75, 3.05) is 0 Å². The highest BCUT2D eigenvalue weighted by atomic mass is 16.8. The Morgan fingerprint density at radius 1 is 1.19 bits per heavy atom. The number of fused-ring (bicyclic) bond motifs is 3. The highest BCUT2D eigenvalue weighted by Gasteiger charge is 2.61. The van der Waals surface area contributed by atoms with Crippen LogP contribution in [0.3, 0.4) is 0 Å². The molecule has 2 fully saturated rings. The summed E-state index contributed by atoms with van der Waals surface area (Å²) in [5.74, 6) is -0.618. The molecule has 0 amide bonds. The summed E-state index contributed by atoms with van der Waals surface area (Å²) in [7, 11) is 0. The van der Waals surface area contributed by atoms with Crippen LogP contribution in [-0.4, -0.2) is 27.8 Å². The largest absolute Gasteiger partial charge is 0.342 e. The van der Waals surface area contributed by atoms with Gasteiger partial charge in [0.1, 0.15) is 6.10 Å². The van der Waals surface area contributed by atoms with Gasteiger partial charge in [0.15, 0.2) is 5.79 Å². The van der Waals surface area contributed by atoms with Crippen molar-refractivity contribution < 1.29 is 9.47 Å². The minimum absolute atomic E-state index is 0.0205. The summed E-state index contributed by atoms with van der Waals surface area (Å²) >= 11 is 0. The zero-order valence-electron chi connectivity index (χ0n) is 19.9. The van der Waals surface area contributed by atoms with E-state index in [2.05, 4.69) is 62.0 Å². The molecular formula is C28H36N2O2. The lowest BCUT2D eigenvalue weighted by Gasteiger charge is -2.51. The molecule has 2 unspecified atom stereocenters. The van der Waals surface area contributed by atoms with Crippen molar-refractivity contribution in [2.24, 2.45) is 5.41 Å². The lowest BCUT2D eigenvalue weighted by Crippen LogP contribution is -2.53. The summed E-state index contributed by atoms with van der Waals surface area (Å²) in [5, 5.41) is 4.74. The molecule has 2 aromatic rings. The van der Waals surface area contributed by atoms with Crippen LogP contribution in [0.1, 0.15) is 63.3 Å². The van der Waals surface area contributed by atoms with E-state index in [-0.39, 0.29) is 17.6 Å². The number of aromatic nitrogens is 2. The smallest absolute Gasteiger partial charge is 0.179 e. The topological polar surface area (TPSA) is 36.3 Å². The first kappa shape index (κ1) is 22.8. The van der Waals surface area contributed by atoms with Crippen LogP contribution >= 0.6 is 0 Å². The Morgan fingerprint density at radius 2 is 1.94 bits per heavy atom. The minimum atomic E-state index is -0.618. The molecule has 1 aromatic heterocycles. The zero-order valence-corrected chi connectivity index (χ0v) is 19.9. The van der Waals surface area contributed by atoms with Crippen LogP contribution in [0.15, 0.2) is 61.3 Å². The Balaban J connectivity index is 0.00000119. The summed E-state index contributed by atoms with van der Waals surface area (Å²) in [4.78, 5) is 0. The Hall–Kier alpha value is -2.43. The van der Waals surface area contributed by atoms with Crippen molar-refractivity contribution >= 4 is 6.08 Å². The molecule has 3 aliphatic rings. The van der Waals surface area contributed by atoms with E-state index >= 15 is 0 Å². The van der Waals surface area contributed by atoms with E-state index in [9.17, 15) is 0 Å². The second-order valence-corrected chi connectivity index (χ2v) is 9.09. The second-order valence-electron chi connectivity index (χ2n) is 9.09. The Morgan fingerprint density at radius 3 is 2.62 bits per heavy atom. The molecule has 1 aromatic carbocycles. The van der Waals surface area contributed by atoms with Gasteiger partial charge in [-0.15, -0.1) is 13.2 Å². The molecule has 1 saturated heterocycles. The first-order valence-corrected chi connectivity index (χ1v) is 11.9. The van der Waals surface area contributed by atoms with E-state index in [1.807, 2.05) is 32.2 Å². The predicted octanol–water partition coefficient (Wildman–Crippen LogP) is 6.58. The van der Waals surface area contributed by atoms with E-state index in [4.69, 9.17) is 14.6 Å². The molecule has 1 aliphatic heterocycles. The fourth-order valence-electron chi connectivity index (χ4n) is 5.47. The molecule has 4 atom stereocenters.